The minimum atomic E-state index is -0.948. The summed E-state index contributed by atoms with van der Waals surface area (Å²) in [5.41, 5.74) is 1.67. The minimum Gasteiger partial charge on any atom is -0.481 e. The Hall–Kier alpha value is -2.15. The number of aliphatic carboxylic acids is 1. The highest BCUT2D eigenvalue weighted by atomic mass is 32.1. The van der Waals surface area contributed by atoms with Gasteiger partial charge in [-0.2, -0.15) is 0 Å². The maximum atomic E-state index is 12.9. The van der Waals surface area contributed by atoms with E-state index >= 15 is 0 Å². The highest BCUT2D eigenvalue weighted by Crippen LogP contribution is 2.39. The minimum absolute atomic E-state index is 0.106. The van der Waals surface area contributed by atoms with E-state index in [-0.39, 0.29) is 17.9 Å². The highest BCUT2D eigenvalue weighted by molar-refractivity contribution is 7.17. The van der Waals surface area contributed by atoms with Crippen LogP contribution in [0.1, 0.15) is 59.3 Å². The van der Waals surface area contributed by atoms with Crippen molar-refractivity contribution >= 4 is 34.1 Å². The van der Waals surface area contributed by atoms with Gasteiger partial charge in [0, 0.05) is 10.9 Å². The van der Waals surface area contributed by atoms with Crippen molar-refractivity contribution in [1.29, 1.82) is 0 Å². The van der Waals surface area contributed by atoms with Gasteiger partial charge in [0.05, 0.1) is 17.4 Å². The average Bonchev–Trinajstić information content (AvgIpc) is 3.39. The Morgan fingerprint density at radius 2 is 1.74 bits per heavy atom. The third kappa shape index (κ3) is 3.78. The van der Waals surface area contributed by atoms with Crippen molar-refractivity contribution < 1.29 is 19.5 Å². The number of carbonyl (C=O) groups excluding carboxylic acids is 2. The van der Waals surface area contributed by atoms with Crippen molar-refractivity contribution in [2.24, 2.45) is 11.8 Å². The third-order valence-corrected chi connectivity index (χ3v) is 6.84. The number of hydrogen-bond acceptors (Lipinski definition) is 4. The first-order chi connectivity index (χ1) is 13.0. The maximum absolute atomic E-state index is 12.9. The number of anilines is 1. The van der Waals surface area contributed by atoms with Crippen LogP contribution in [0.25, 0.3) is 0 Å². The average molecular weight is 388 g/mol. The Morgan fingerprint density at radius 1 is 1.04 bits per heavy atom. The van der Waals surface area contributed by atoms with E-state index in [1.807, 2.05) is 12.2 Å². The van der Waals surface area contributed by atoms with Crippen LogP contribution in [0.5, 0.6) is 0 Å². The van der Waals surface area contributed by atoms with Crippen molar-refractivity contribution in [3.63, 3.8) is 0 Å². The lowest BCUT2D eigenvalue weighted by Crippen LogP contribution is -2.35. The molecule has 27 heavy (non-hydrogen) atoms. The maximum Gasteiger partial charge on any atom is 0.307 e. The van der Waals surface area contributed by atoms with Crippen molar-refractivity contribution in [3.05, 3.63) is 28.2 Å². The van der Waals surface area contributed by atoms with E-state index in [9.17, 15) is 19.5 Å². The normalized spacial score (nSPS) is 24.1. The molecule has 4 rings (SSSR count). The van der Waals surface area contributed by atoms with Gasteiger partial charge in [-0.1, -0.05) is 12.2 Å². The van der Waals surface area contributed by atoms with Crippen molar-refractivity contribution in [2.75, 3.05) is 5.32 Å². The Balaban J connectivity index is 1.59. The molecule has 0 aliphatic heterocycles. The molecule has 1 heterocycles. The number of nitrogens with one attached hydrogen (secondary N) is 2. The molecule has 1 aromatic rings. The van der Waals surface area contributed by atoms with Gasteiger partial charge >= 0.3 is 5.97 Å². The van der Waals surface area contributed by atoms with Crippen LogP contribution in [0.15, 0.2) is 12.2 Å². The molecule has 2 amide bonds. The van der Waals surface area contributed by atoms with Gasteiger partial charge in [-0.25, -0.2) is 0 Å². The second-order valence-corrected chi connectivity index (χ2v) is 8.75. The van der Waals surface area contributed by atoms with Gasteiger partial charge in [0.1, 0.15) is 5.00 Å². The molecule has 3 aliphatic rings. The predicted molar refractivity (Wildman–Crippen MR) is 103 cm³/mol. The number of hydrogen-bond donors (Lipinski definition) is 3. The van der Waals surface area contributed by atoms with Crippen LogP contribution < -0.4 is 10.6 Å². The first kappa shape index (κ1) is 18.2. The molecule has 3 aliphatic carbocycles. The third-order valence-electron chi connectivity index (χ3n) is 5.63. The van der Waals surface area contributed by atoms with Gasteiger partial charge in [0.15, 0.2) is 0 Å². The molecule has 0 saturated heterocycles. The van der Waals surface area contributed by atoms with E-state index < -0.39 is 17.8 Å². The Kier molecular flexibility index (Phi) is 5.04. The van der Waals surface area contributed by atoms with Crippen LogP contribution in [0.2, 0.25) is 0 Å². The smallest absolute Gasteiger partial charge is 0.307 e. The number of aryl methyl sites for hydroxylation is 1. The summed E-state index contributed by atoms with van der Waals surface area (Å²) in [7, 11) is 0. The fourth-order valence-corrected chi connectivity index (χ4v) is 5.25. The molecule has 144 valence electrons. The number of rotatable bonds is 5. The summed E-state index contributed by atoms with van der Waals surface area (Å²) in [4.78, 5) is 38.4. The lowest BCUT2D eigenvalue weighted by atomic mass is 9.82. The molecular formula is C20H24N2O4S. The first-order valence-electron chi connectivity index (χ1n) is 9.68. The van der Waals surface area contributed by atoms with Gasteiger partial charge in [-0.15, -0.1) is 11.3 Å². The van der Waals surface area contributed by atoms with Crippen LogP contribution in [0, 0.1) is 11.8 Å². The summed E-state index contributed by atoms with van der Waals surface area (Å²) in [5, 5.41) is 16.0. The number of allylic oxidation sites excluding steroid dienone is 2. The number of fused-ring (bicyclic) bond motifs is 1. The zero-order valence-corrected chi connectivity index (χ0v) is 15.9. The second kappa shape index (κ2) is 7.46. The Morgan fingerprint density at radius 3 is 2.44 bits per heavy atom. The molecular weight excluding hydrogens is 364 g/mol. The molecule has 1 aromatic heterocycles. The first-order valence-corrected chi connectivity index (χ1v) is 10.5. The quantitative estimate of drug-likeness (QED) is 0.675. The SMILES string of the molecule is O=C(NC1CC1)c1c(NC(=O)[C@@H]2CC=CC[C@@H]2C(=O)O)sc2c1CCCC2. The van der Waals surface area contributed by atoms with Crippen molar-refractivity contribution in [2.45, 2.75) is 57.4 Å². The number of thiophene rings is 1. The molecule has 0 radical (unpaired) electrons. The second-order valence-electron chi connectivity index (χ2n) is 7.65. The summed E-state index contributed by atoms with van der Waals surface area (Å²) < 4.78 is 0. The summed E-state index contributed by atoms with van der Waals surface area (Å²) in [6.07, 6.45) is 10.4. The van der Waals surface area contributed by atoms with E-state index in [2.05, 4.69) is 10.6 Å². The van der Waals surface area contributed by atoms with Crippen LogP contribution in [0.4, 0.5) is 5.00 Å². The van der Waals surface area contributed by atoms with Gasteiger partial charge in [0.25, 0.3) is 5.91 Å². The van der Waals surface area contributed by atoms with Crippen LogP contribution in [0.3, 0.4) is 0 Å². The van der Waals surface area contributed by atoms with E-state index in [0.717, 1.165) is 44.1 Å². The zero-order chi connectivity index (χ0) is 19.0. The monoisotopic (exact) mass is 388 g/mol. The van der Waals surface area contributed by atoms with Crippen LogP contribution in [-0.2, 0) is 22.4 Å². The van der Waals surface area contributed by atoms with Crippen molar-refractivity contribution in [3.8, 4) is 0 Å². The lowest BCUT2D eigenvalue weighted by molar-refractivity contribution is -0.146. The number of carboxylic acids is 1. The van der Waals surface area contributed by atoms with Crippen molar-refractivity contribution in [1.82, 2.24) is 5.32 Å². The van der Waals surface area contributed by atoms with E-state index in [1.54, 1.807) is 0 Å². The fraction of sp³-hybridized carbons (Fsp3) is 0.550. The van der Waals surface area contributed by atoms with Crippen LogP contribution >= 0.6 is 11.3 Å². The summed E-state index contributed by atoms with van der Waals surface area (Å²) >= 11 is 1.48. The van der Waals surface area contributed by atoms with Gasteiger partial charge in [-0.3, -0.25) is 14.4 Å². The van der Waals surface area contributed by atoms with E-state index in [1.165, 1.54) is 16.2 Å². The standard InChI is InChI=1S/C20H24N2O4S/c23-17(12-5-1-2-6-13(12)20(25)26)22-19-16(18(24)21-11-9-10-11)14-7-3-4-8-15(14)27-19/h1-2,11-13H,3-10H2,(H,21,24)(H,22,23)(H,25,26)/t12-,13+/m1/s1. The molecule has 1 fully saturated rings. The molecule has 0 unspecified atom stereocenters. The summed E-state index contributed by atoms with van der Waals surface area (Å²) in [6, 6.07) is 0.250. The molecule has 2 atom stereocenters. The van der Waals surface area contributed by atoms with Gasteiger partial charge in [-0.05, 0) is 56.9 Å². The molecule has 3 N–H and O–H groups in total. The largest absolute Gasteiger partial charge is 0.481 e. The van der Waals surface area contributed by atoms with E-state index in [0.29, 0.717) is 23.4 Å². The molecule has 6 nitrogen and oxygen atoms in total. The molecule has 0 spiro atoms. The predicted octanol–water partition coefficient (Wildman–Crippen LogP) is 3.12. The van der Waals surface area contributed by atoms with Gasteiger partial charge in [0.2, 0.25) is 5.91 Å². The topological polar surface area (TPSA) is 95.5 Å². The molecule has 7 heteroatoms. The van der Waals surface area contributed by atoms with Crippen LogP contribution in [-0.4, -0.2) is 28.9 Å². The number of carbonyl (C=O) groups is 3. The molecule has 0 aromatic carbocycles. The number of carboxylic acid groups (broad SMARTS) is 1. The van der Waals surface area contributed by atoms with E-state index in [4.69, 9.17) is 0 Å². The Bertz CT molecular complexity index is 809. The zero-order valence-electron chi connectivity index (χ0n) is 15.1. The summed E-state index contributed by atoms with van der Waals surface area (Å²) in [6.45, 7) is 0. The lowest BCUT2D eigenvalue weighted by Gasteiger charge is -2.24. The number of amides is 2. The summed E-state index contributed by atoms with van der Waals surface area (Å²) in [5.74, 6) is -2.67. The Labute approximate surface area is 162 Å². The molecule has 0 bridgehead atoms. The fourth-order valence-electron chi connectivity index (χ4n) is 3.96. The molecule has 1 saturated carbocycles. The highest BCUT2D eigenvalue weighted by Gasteiger charge is 2.36. The van der Waals surface area contributed by atoms with Gasteiger partial charge < -0.3 is 15.7 Å².